The lowest BCUT2D eigenvalue weighted by molar-refractivity contribution is -0.124. The molecule has 1 saturated heterocycles. The second-order valence-electron chi connectivity index (χ2n) is 2.80. The summed E-state index contributed by atoms with van der Waals surface area (Å²) in [6.45, 7) is 1.34. The van der Waals surface area contributed by atoms with Crippen LogP contribution in [0, 0.1) is 0 Å². The summed E-state index contributed by atoms with van der Waals surface area (Å²) in [4.78, 5) is 10.9. The standard InChI is InChI=1S/C8H14N2O3/c1-12-6-8(11)10-9-7-3-2-4-13-5-7/h2-6H2,1H3,(H,10,11)/b9-7+. The van der Waals surface area contributed by atoms with Gasteiger partial charge in [0, 0.05) is 13.7 Å². The predicted octanol–water partition coefficient (Wildman–Crippen LogP) is -0.0846. The molecule has 1 heterocycles. The number of amides is 1. The molecule has 0 saturated carbocycles. The quantitative estimate of drug-likeness (QED) is 0.627. The van der Waals surface area contributed by atoms with Gasteiger partial charge in [0.2, 0.25) is 0 Å². The van der Waals surface area contributed by atoms with E-state index >= 15 is 0 Å². The van der Waals surface area contributed by atoms with Gasteiger partial charge in [-0.3, -0.25) is 4.79 Å². The molecule has 1 amide bonds. The Morgan fingerprint density at radius 2 is 2.62 bits per heavy atom. The first-order valence-electron chi connectivity index (χ1n) is 4.24. The van der Waals surface area contributed by atoms with E-state index in [4.69, 9.17) is 4.74 Å². The van der Waals surface area contributed by atoms with Crippen molar-refractivity contribution >= 4 is 11.6 Å². The van der Waals surface area contributed by atoms with E-state index in [0.717, 1.165) is 25.2 Å². The molecule has 74 valence electrons. The Bertz CT molecular complexity index is 196. The minimum atomic E-state index is -0.236. The summed E-state index contributed by atoms with van der Waals surface area (Å²) in [5.41, 5.74) is 3.28. The molecule has 1 N–H and O–H groups in total. The first kappa shape index (κ1) is 10.1. The molecule has 0 atom stereocenters. The fraction of sp³-hybridized carbons (Fsp3) is 0.750. The zero-order valence-corrected chi connectivity index (χ0v) is 7.71. The minimum Gasteiger partial charge on any atom is -0.375 e. The molecule has 0 radical (unpaired) electrons. The molecule has 1 aliphatic rings. The molecule has 13 heavy (non-hydrogen) atoms. The van der Waals surface area contributed by atoms with Gasteiger partial charge in [-0.05, 0) is 12.8 Å². The number of hydrogen-bond acceptors (Lipinski definition) is 4. The van der Waals surface area contributed by atoms with Crippen LogP contribution in [0.2, 0.25) is 0 Å². The minimum absolute atomic E-state index is 0.0393. The maximum atomic E-state index is 10.9. The first-order chi connectivity index (χ1) is 6.33. The number of ether oxygens (including phenoxy) is 2. The molecule has 5 nitrogen and oxygen atoms in total. The maximum Gasteiger partial charge on any atom is 0.266 e. The van der Waals surface area contributed by atoms with Crippen molar-refractivity contribution in [3.8, 4) is 0 Å². The van der Waals surface area contributed by atoms with Crippen LogP contribution in [0.3, 0.4) is 0 Å². The van der Waals surface area contributed by atoms with Crippen LogP contribution in [0.1, 0.15) is 12.8 Å². The Morgan fingerprint density at radius 3 is 3.23 bits per heavy atom. The van der Waals surface area contributed by atoms with Crippen molar-refractivity contribution in [2.75, 3.05) is 26.9 Å². The van der Waals surface area contributed by atoms with Crippen LogP contribution in [0.25, 0.3) is 0 Å². The van der Waals surface area contributed by atoms with Crippen LogP contribution < -0.4 is 5.43 Å². The summed E-state index contributed by atoms with van der Waals surface area (Å²) >= 11 is 0. The van der Waals surface area contributed by atoms with Gasteiger partial charge in [-0.1, -0.05) is 0 Å². The van der Waals surface area contributed by atoms with Gasteiger partial charge >= 0.3 is 0 Å². The van der Waals surface area contributed by atoms with E-state index in [9.17, 15) is 4.79 Å². The molecule has 0 spiro atoms. The lowest BCUT2D eigenvalue weighted by Gasteiger charge is -2.12. The van der Waals surface area contributed by atoms with Crippen molar-refractivity contribution in [2.24, 2.45) is 5.10 Å². The number of carbonyl (C=O) groups is 1. The van der Waals surface area contributed by atoms with Gasteiger partial charge < -0.3 is 9.47 Å². The number of hydrazone groups is 1. The number of nitrogens with one attached hydrogen (secondary N) is 1. The molecule has 0 aliphatic carbocycles. The van der Waals surface area contributed by atoms with Crippen LogP contribution >= 0.6 is 0 Å². The molecule has 1 aliphatic heterocycles. The predicted molar refractivity (Wildman–Crippen MR) is 47.5 cm³/mol. The molecular formula is C8H14N2O3. The maximum absolute atomic E-state index is 10.9. The summed E-state index contributed by atoms with van der Waals surface area (Å²) in [5, 5.41) is 3.91. The van der Waals surface area contributed by atoms with Crippen LogP contribution in [0.5, 0.6) is 0 Å². The van der Waals surface area contributed by atoms with Gasteiger partial charge in [0.1, 0.15) is 6.61 Å². The summed E-state index contributed by atoms with van der Waals surface area (Å²) in [6, 6.07) is 0. The Kier molecular flexibility index (Phi) is 4.42. The van der Waals surface area contributed by atoms with Gasteiger partial charge in [-0.25, -0.2) is 5.43 Å². The van der Waals surface area contributed by atoms with E-state index in [1.165, 1.54) is 7.11 Å². The topological polar surface area (TPSA) is 59.9 Å². The highest BCUT2D eigenvalue weighted by molar-refractivity contribution is 5.87. The zero-order valence-electron chi connectivity index (χ0n) is 7.71. The summed E-state index contributed by atoms with van der Waals surface area (Å²) in [5.74, 6) is -0.236. The molecule has 1 rings (SSSR count). The van der Waals surface area contributed by atoms with Crippen molar-refractivity contribution in [1.82, 2.24) is 5.43 Å². The SMILES string of the molecule is COCC(=O)N/N=C1\CCCOC1. The Morgan fingerprint density at radius 1 is 1.77 bits per heavy atom. The van der Waals surface area contributed by atoms with Crippen LogP contribution in [-0.2, 0) is 14.3 Å². The third-order valence-electron chi connectivity index (χ3n) is 1.64. The highest BCUT2D eigenvalue weighted by Crippen LogP contribution is 2.01. The van der Waals surface area contributed by atoms with Crippen molar-refractivity contribution in [1.29, 1.82) is 0 Å². The number of methoxy groups -OCH3 is 1. The summed E-state index contributed by atoms with van der Waals surface area (Å²) < 4.78 is 9.79. The number of nitrogens with zero attached hydrogens (tertiary/aromatic N) is 1. The van der Waals surface area contributed by atoms with E-state index in [0.29, 0.717) is 6.61 Å². The van der Waals surface area contributed by atoms with E-state index in [1.54, 1.807) is 0 Å². The lowest BCUT2D eigenvalue weighted by Crippen LogP contribution is -2.26. The van der Waals surface area contributed by atoms with Crippen LogP contribution in [0.4, 0.5) is 0 Å². The van der Waals surface area contributed by atoms with Gasteiger partial charge in [-0.15, -0.1) is 0 Å². The summed E-state index contributed by atoms with van der Waals surface area (Å²) in [6.07, 6.45) is 1.87. The molecule has 0 aromatic carbocycles. The molecule has 1 fully saturated rings. The highest BCUT2D eigenvalue weighted by atomic mass is 16.5. The van der Waals surface area contributed by atoms with E-state index in [1.807, 2.05) is 0 Å². The largest absolute Gasteiger partial charge is 0.375 e. The third-order valence-corrected chi connectivity index (χ3v) is 1.64. The monoisotopic (exact) mass is 186 g/mol. The van der Waals surface area contributed by atoms with Crippen LogP contribution in [0.15, 0.2) is 5.10 Å². The zero-order chi connectivity index (χ0) is 9.52. The van der Waals surface area contributed by atoms with Crippen molar-refractivity contribution < 1.29 is 14.3 Å². The Balaban J connectivity index is 2.25. The number of rotatable bonds is 3. The van der Waals surface area contributed by atoms with Crippen molar-refractivity contribution in [2.45, 2.75) is 12.8 Å². The van der Waals surface area contributed by atoms with Crippen LogP contribution in [-0.4, -0.2) is 38.5 Å². The van der Waals surface area contributed by atoms with Gasteiger partial charge in [0.05, 0.1) is 12.3 Å². The molecule has 0 aromatic heterocycles. The normalized spacial score (nSPS) is 20.2. The van der Waals surface area contributed by atoms with Gasteiger partial charge in [0.15, 0.2) is 0 Å². The molecule has 0 aromatic rings. The fourth-order valence-electron chi connectivity index (χ4n) is 1.03. The molecule has 0 bridgehead atoms. The number of carbonyl (C=O) groups excluding carboxylic acids is 1. The summed E-state index contributed by atoms with van der Waals surface area (Å²) in [7, 11) is 1.47. The Labute approximate surface area is 77.1 Å². The molecule has 0 unspecified atom stereocenters. The lowest BCUT2D eigenvalue weighted by atomic mass is 10.2. The van der Waals surface area contributed by atoms with Gasteiger partial charge in [-0.2, -0.15) is 5.10 Å². The second-order valence-corrected chi connectivity index (χ2v) is 2.80. The third kappa shape index (κ3) is 4.00. The van der Waals surface area contributed by atoms with E-state index in [-0.39, 0.29) is 12.5 Å². The van der Waals surface area contributed by atoms with Gasteiger partial charge in [0.25, 0.3) is 5.91 Å². The molecular weight excluding hydrogens is 172 g/mol. The van der Waals surface area contributed by atoms with E-state index < -0.39 is 0 Å². The smallest absolute Gasteiger partial charge is 0.266 e. The van der Waals surface area contributed by atoms with Crippen molar-refractivity contribution in [3.63, 3.8) is 0 Å². The average molecular weight is 186 g/mol. The van der Waals surface area contributed by atoms with E-state index in [2.05, 4.69) is 15.3 Å². The average Bonchev–Trinajstić information content (AvgIpc) is 2.17. The number of hydrogen-bond donors (Lipinski definition) is 1. The fourth-order valence-corrected chi connectivity index (χ4v) is 1.03. The molecule has 5 heteroatoms. The first-order valence-corrected chi connectivity index (χ1v) is 4.24. The highest BCUT2D eigenvalue weighted by Gasteiger charge is 2.07. The van der Waals surface area contributed by atoms with Crippen molar-refractivity contribution in [3.05, 3.63) is 0 Å². The Hall–Kier alpha value is -0.940. The second kappa shape index (κ2) is 5.66.